The lowest BCUT2D eigenvalue weighted by Crippen LogP contribution is -2.22. The number of benzene rings is 3. The van der Waals surface area contributed by atoms with Crippen molar-refractivity contribution in [2.75, 3.05) is 11.9 Å². The van der Waals surface area contributed by atoms with Crippen LogP contribution in [0.4, 0.5) is 5.69 Å². The molecule has 0 atom stereocenters. The lowest BCUT2D eigenvalue weighted by atomic mass is 9.91. The van der Waals surface area contributed by atoms with Crippen LogP contribution < -0.4 is 4.90 Å². The molecule has 0 aromatic heterocycles. The van der Waals surface area contributed by atoms with Crippen LogP contribution in [0, 0.1) is 13.8 Å². The molecule has 3 aromatic rings. The smallest absolute Gasteiger partial charge is 0.223 e. The van der Waals surface area contributed by atoms with Crippen LogP contribution in [-0.2, 0) is 17.6 Å². The summed E-state index contributed by atoms with van der Waals surface area (Å²) in [7, 11) is 1.83. The number of amides is 1. The quantitative estimate of drug-likeness (QED) is 0.530. The number of carbonyl (C=O) groups excluding carboxylic acids is 1. The van der Waals surface area contributed by atoms with Crippen molar-refractivity contribution in [2.24, 2.45) is 0 Å². The first kappa shape index (κ1) is 19.9. The van der Waals surface area contributed by atoms with Crippen LogP contribution in [0.25, 0.3) is 11.1 Å². The molecule has 3 rings (SSSR count). The molecule has 0 saturated carbocycles. The summed E-state index contributed by atoms with van der Waals surface area (Å²) in [6.45, 7) is 8.09. The first-order valence-corrected chi connectivity index (χ1v) is 9.91. The molecule has 0 bridgehead atoms. The fraction of sp³-hybridized carbons (Fsp3) is 0.269. The molecule has 0 fully saturated rings. The van der Waals surface area contributed by atoms with E-state index >= 15 is 0 Å². The Hall–Kier alpha value is -2.87. The predicted octanol–water partition coefficient (Wildman–Crippen LogP) is 6.11. The summed E-state index contributed by atoms with van der Waals surface area (Å²) >= 11 is 0. The zero-order chi connectivity index (χ0) is 20.3. The van der Waals surface area contributed by atoms with Gasteiger partial charge in [0.05, 0.1) is 0 Å². The molecule has 3 aromatic carbocycles. The fourth-order valence-corrected chi connectivity index (χ4v) is 3.68. The van der Waals surface area contributed by atoms with Gasteiger partial charge in [-0.2, -0.15) is 0 Å². The summed E-state index contributed by atoms with van der Waals surface area (Å²) < 4.78 is 0. The van der Waals surface area contributed by atoms with Gasteiger partial charge >= 0.3 is 0 Å². The van der Waals surface area contributed by atoms with Gasteiger partial charge in [0.25, 0.3) is 0 Å². The molecule has 0 unspecified atom stereocenters. The van der Waals surface area contributed by atoms with Gasteiger partial charge in [-0.25, -0.2) is 0 Å². The number of hydrogen-bond donors (Lipinski definition) is 0. The molecule has 0 radical (unpaired) electrons. The van der Waals surface area contributed by atoms with E-state index < -0.39 is 0 Å². The molecule has 0 aliphatic heterocycles. The Morgan fingerprint density at radius 2 is 1.68 bits per heavy atom. The fourth-order valence-electron chi connectivity index (χ4n) is 3.68. The monoisotopic (exact) mass is 371 g/mol. The molecule has 0 aliphatic carbocycles. The number of carbonyl (C=O) groups is 1. The summed E-state index contributed by atoms with van der Waals surface area (Å²) in [5, 5.41) is 0. The van der Waals surface area contributed by atoms with Crippen LogP contribution in [0.5, 0.6) is 0 Å². The Morgan fingerprint density at radius 1 is 0.929 bits per heavy atom. The molecule has 2 nitrogen and oxygen atoms in total. The topological polar surface area (TPSA) is 20.3 Å². The second kappa shape index (κ2) is 8.43. The van der Waals surface area contributed by atoms with Crippen LogP contribution in [0.1, 0.15) is 41.7 Å². The van der Waals surface area contributed by atoms with Crippen LogP contribution >= 0.6 is 0 Å². The van der Waals surface area contributed by atoms with E-state index in [1.54, 1.807) is 11.8 Å². The Labute approximate surface area is 168 Å². The maximum Gasteiger partial charge on any atom is 0.223 e. The standard InChI is InChI=1S/C26H29NO/c1-6-22-10-11-23(15-19(22)3)26-17-25(27(5)20(4)28)13-12-24(26)16-21-9-7-8-18(2)14-21/h7-15,17H,6,16H2,1-5H3. The van der Waals surface area contributed by atoms with Crippen molar-refractivity contribution in [3.63, 3.8) is 0 Å². The lowest BCUT2D eigenvalue weighted by Gasteiger charge is -2.19. The Bertz CT molecular complexity index is 1000. The summed E-state index contributed by atoms with van der Waals surface area (Å²) in [6, 6.07) is 21.7. The minimum Gasteiger partial charge on any atom is -0.316 e. The molecule has 0 spiro atoms. The lowest BCUT2D eigenvalue weighted by molar-refractivity contribution is -0.116. The Morgan fingerprint density at radius 3 is 2.32 bits per heavy atom. The summed E-state index contributed by atoms with van der Waals surface area (Å²) in [5.74, 6) is 0.0369. The van der Waals surface area contributed by atoms with Crippen molar-refractivity contribution in [3.05, 3.63) is 88.5 Å². The van der Waals surface area contributed by atoms with Crippen LogP contribution in [0.2, 0.25) is 0 Å². The maximum absolute atomic E-state index is 11.9. The van der Waals surface area contributed by atoms with Gasteiger partial charge < -0.3 is 4.90 Å². The van der Waals surface area contributed by atoms with Crippen LogP contribution in [0.3, 0.4) is 0 Å². The summed E-state index contributed by atoms with van der Waals surface area (Å²) in [5.41, 5.74) is 9.86. The molecule has 2 heteroatoms. The average Bonchev–Trinajstić information content (AvgIpc) is 2.67. The summed E-state index contributed by atoms with van der Waals surface area (Å²) in [4.78, 5) is 13.6. The average molecular weight is 372 g/mol. The Balaban J connectivity index is 2.10. The third-order valence-electron chi connectivity index (χ3n) is 5.46. The summed E-state index contributed by atoms with van der Waals surface area (Å²) in [6.07, 6.45) is 1.91. The number of hydrogen-bond acceptors (Lipinski definition) is 1. The van der Waals surface area contributed by atoms with Gasteiger partial charge in [-0.05, 0) is 72.2 Å². The molecule has 0 N–H and O–H groups in total. The van der Waals surface area contributed by atoms with E-state index in [9.17, 15) is 4.79 Å². The third-order valence-corrected chi connectivity index (χ3v) is 5.46. The van der Waals surface area contributed by atoms with Crippen molar-refractivity contribution in [2.45, 2.75) is 40.5 Å². The zero-order valence-corrected chi connectivity index (χ0v) is 17.5. The van der Waals surface area contributed by atoms with Gasteiger partial charge in [-0.15, -0.1) is 0 Å². The predicted molar refractivity (Wildman–Crippen MR) is 119 cm³/mol. The van der Waals surface area contributed by atoms with Crippen molar-refractivity contribution in [1.82, 2.24) is 0 Å². The molecular formula is C26H29NO. The molecule has 0 heterocycles. The van der Waals surface area contributed by atoms with E-state index in [-0.39, 0.29) is 5.91 Å². The van der Waals surface area contributed by atoms with E-state index in [1.807, 2.05) is 13.1 Å². The SMILES string of the molecule is CCc1ccc(-c2cc(N(C)C(C)=O)ccc2Cc2cccc(C)c2)cc1C. The van der Waals surface area contributed by atoms with E-state index in [0.29, 0.717) is 0 Å². The molecule has 144 valence electrons. The Kier molecular flexibility index (Phi) is 5.99. The number of rotatable bonds is 5. The van der Waals surface area contributed by atoms with Crippen LogP contribution in [-0.4, -0.2) is 13.0 Å². The van der Waals surface area contributed by atoms with Crippen molar-refractivity contribution >= 4 is 11.6 Å². The minimum atomic E-state index is 0.0369. The highest BCUT2D eigenvalue weighted by Gasteiger charge is 2.13. The van der Waals surface area contributed by atoms with E-state index in [2.05, 4.69) is 75.4 Å². The third kappa shape index (κ3) is 4.33. The van der Waals surface area contributed by atoms with Crippen molar-refractivity contribution in [1.29, 1.82) is 0 Å². The van der Waals surface area contributed by atoms with E-state index in [0.717, 1.165) is 18.5 Å². The molecule has 1 amide bonds. The highest BCUT2D eigenvalue weighted by atomic mass is 16.2. The number of aryl methyl sites for hydroxylation is 3. The van der Waals surface area contributed by atoms with Crippen molar-refractivity contribution in [3.8, 4) is 11.1 Å². The zero-order valence-electron chi connectivity index (χ0n) is 17.5. The van der Waals surface area contributed by atoms with E-state index in [4.69, 9.17) is 0 Å². The largest absolute Gasteiger partial charge is 0.316 e. The second-order valence-corrected chi connectivity index (χ2v) is 7.58. The van der Waals surface area contributed by atoms with Gasteiger partial charge in [-0.1, -0.05) is 61.0 Å². The molecule has 0 aliphatic rings. The first-order valence-electron chi connectivity index (χ1n) is 9.91. The van der Waals surface area contributed by atoms with E-state index in [1.165, 1.54) is 38.9 Å². The number of nitrogens with zero attached hydrogens (tertiary/aromatic N) is 1. The second-order valence-electron chi connectivity index (χ2n) is 7.58. The van der Waals surface area contributed by atoms with Crippen LogP contribution in [0.15, 0.2) is 60.7 Å². The van der Waals surface area contributed by atoms with Gasteiger partial charge in [0.1, 0.15) is 0 Å². The maximum atomic E-state index is 11.9. The van der Waals surface area contributed by atoms with Crippen molar-refractivity contribution < 1.29 is 4.79 Å². The van der Waals surface area contributed by atoms with Gasteiger partial charge in [0.15, 0.2) is 0 Å². The molecular weight excluding hydrogens is 342 g/mol. The highest BCUT2D eigenvalue weighted by molar-refractivity contribution is 5.92. The normalized spacial score (nSPS) is 10.8. The molecule has 28 heavy (non-hydrogen) atoms. The molecule has 0 saturated heterocycles. The highest BCUT2D eigenvalue weighted by Crippen LogP contribution is 2.31. The minimum absolute atomic E-state index is 0.0369. The van der Waals surface area contributed by atoms with Gasteiger partial charge in [0, 0.05) is 19.7 Å². The van der Waals surface area contributed by atoms with Gasteiger partial charge in [-0.3, -0.25) is 4.79 Å². The number of anilines is 1. The first-order chi connectivity index (χ1) is 13.4. The van der Waals surface area contributed by atoms with Gasteiger partial charge in [0.2, 0.25) is 5.91 Å².